The van der Waals surface area contributed by atoms with Crippen molar-refractivity contribution in [3.63, 3.8) is 0 Å². The molecule has 0 N–H and O–H groups in total. The molecule has 0 radical (unpaired) electrons. The highest BCUT2D eigenvalue weighted by atomic mass is 16.6. The van der Waals surface area contributed by atoms with Gasteiger partial charge in [0.25, 0.3) is 0 Å². The predicted octanol–water partition coefficient (Wildman–Crippen LogP) is 15.8. The normalized spacial score (nSPS) is 12.0. The van der Waals surface area contributed by atoms with Crippen molar-refractivity contribution in [2.75, 3.05) is 13.2 Å². The maximum absolute atomic E-state index is 12.7. The van der Waals surface area contributed by atoms with Crippen molar-refractivity contribution in [3.8, 4) is 0 Å². The van der Waals surface area contributed by atoms with Crippen molar-refractivity contribution >= 4 is 17.9 Å². The van der Waals surface area contributed by atoms with E-state index in [1.807, 2.05) is 0 Å². The minimum Gasteiger partial charge on any atom is -0.462 e. The van der Waals surface area contributed by atoms with E-state index in [1.165, 1.54) is 167 Å². The molecule has 0 bridgehead atoms. The fraction of sp³-hybridized carbons (Fsp3) is 0.900. The molecule has 0 aliphatic carbocycles. The number of ether oxygens (including phenoxy) is 3. The zero-order chi connectivity index (χ0) is 40.8. The Morgan fingerprint density at radius 1 is 0.339 bits per heavy atom. The van der Waals surface area contributed by atoms with Gasteiger partial charge in [0, 0.05) is 19.3 Å². The minimum atomic E-state index is -0.765. The summed E-state index contributed by atoms with van der Waals surface area (Å²) in [6.45, 7) is 6.64. The number of hydrogen-bond donors (Lipinski definition) is 0. The zero-order valence-corrected chi connectivity index (χ0v) is 37.7. The smallest absolute Gasteiger partial charge is 0.306 e. The van der Waals surface area contributed by atoms with Crippen LogP contribution in [-0.2, 0) is 28.6 Å². The number of unbranched alkanes of at least 4 members (excludes halogenated alkanes) is 32. The molecular formula is C50H94O6. The van der Waals surface area contributed by atoms with Crippen molar-refractivity contribution in [2.24, 2.45) is 0 Å². The molecule has 0 aromatic carbocycles. The van der Waals surface area contributed by atoms with Crippen molar-refractivity contribution in [1.82, 2.24) is 0 Å². The van der Waals surface area contributed by atoms with E-state index >= 15 is 0 Å². The monoisotopic (exact) mass is 791 g/mol. The first-order valence-corrected chi connectivity index (χ1v) is 24.7. The molecule has 0 fully saturated rings. The van der Waals surface area contributed by atoms with Gasteiger partial charge < -0.3 is 14.2 Å². The average molecular weight is 791 g/mol. The Kier molecular flexibility index (Phi) is 44.3. The Labute approximate surface area is 348 Å². The first kappa shape index (κ1) is 54.2. The third kappa shape index (κ3) is 43.3. The van der Waals surface area contributed by atoms with E-state index in [9.17, 15) is 14.4 Å². The zero-order valence-electron chi connectivity index (χ0n) is 37.7. The van der Waals surface area contributed by atoms with Crippen LogP contribution in [0.5, 0.6) is 0 Å². The minimum absolute atomic E-state index is 0.0677. The van der Waals surface area contributed by atoms with Gasteiger partial charge in [0.05, 0.1) is 0 Å². The number of allylic oxidation sites excluding steroid dienone is 2. The van der Waals surface area contributed by atoms with E-state index in [2.05, 4.69) is 32.9 Å². The summed E-state index contributed by atoms with van der Waals surface area (Å²) in [7, 11) is 0. The summed E-state index contributed by atoms with van der Waals surface area (Å²) in [6, 6.07) is 0. The van der Waals surface area contributed by atoms with Gasteiger partial charge in [-0.1, -0.05) is 219 Å². The second kappa shape index (κ2) is 45.8. The van der Waals surface area contributed by atoms with Gasteiger partial charge in [-0.25, -0.2) is 0 Å². The second-order valence-electron chi connectivity index (χ2n) is 16.7. The largest absolute Gasteiger partial charge is 0.462 e. The number of hydrogen-bond acceptors (Lipinski definition) is 6. The molecule has 0 saturated heterocycles. The summed E-state index contributed by atoms with van der Waals surface area (Å²) >= 11 is 0. The van der Waals surface area contributed by atoms with Crippen LogP contribution in [0.1, 0.15) is 271 Å². The fourth-order valence-electron chi connectivity index (χ4n) is 7.26. The van der Waals surface area contributed by atoms with Crippen LogP contribution in [0, 0.1) is 0 Å². The van der Waals surface area contributed by atoms with Gasteiger partial charge in [-0.3, -0.25) is 14.4 Å². The van der Waals surface area contributed by atoms with Gasteiger partial charge in [0.15, 0.2) is 6.10 Å². The van der Waals surface area contributed by atoms with Crippen LogP contribution < -0.4 is 0 Å². The molecule has 0 rings (SSSR count). The van der Waals surface area contributed by atoms with E-state index in [4.69, 9.17) is 14.2 Å². The van der Waals surface area contributed by atoms with Gasteiger partial charge in [-0.05, 0) is 44.9 Å². The molecule has 330 valence electrons. The van der Waals surface area contributed by atoms with Crippen LogP contribution in [0.25, 0.3) is 0 Å². The molecule has 6 heteroatoms. The number of esters is 3. The van der Waals surface area contributed by atoms with Crippen LogP contribution in [0.15, 0.2) is 12.2 Å². The molecule has 0 saturated carbocycles. The van der Waals surface area contributed by atoms with Crippen LogP contribution >= 0.6 is 0 Å². The fourth-order valence-corrected chi connectivity index (χ4v) is 7.26. The van der Waals surface area contributed by atoms with Gasteiger partial charge in [0.1, 0.15) is 13.2 Å². The van der Waals surface area contributed by atoms with Gasteiger partial charge in [0.2, 0.25) is 0 Å². The molecule has 0 aliphatic rings. The Balaban J connectivity index is 4.32. The topological polar surface area (TPSA) is 78.9 Å². The Bertz CT molecular complexity index is 870. The molecule has 6 nitrogen and oxygen atoms in total. The molecule has 0 aliphatic heterocycles. The van der Waals surface area contributed by atoms with Crippen LogP contribution in [0.4, 0.5) is 0 Å². The van der Waals surface area contributed by atoms with Gasteiger partial charge in [-0.15, -0.1) is 0 Å². The summed E-state index contributed by atoms with van der Waals surface area (Å²) < 4.78 is 16.7. The van der Waals surface area contributed by atoms with Crippen LogP contribution in [0.2, 0.25) is 0 Å². The van der Waals surface area contributed by atoms with Crippen LogP contribution in [-0.4, -0.2) is 37.2 Å². The summed E-state index contributed by atoms with van der Waals surface area (Å²) in [4.78, 5) is 37.8. The van der Waals surface area contributed by atoms with E-state index < -0.39 is 6.10 Å². The summed E-state index contributed by atoms with van der Waals surface area (Å²) in [5.74, 6) is -0.865. The van der Waals surface area contributed by atoms with Crippen molar-refractivity contribution in [2.45, 2.75) is 277 Å². The lowest BCUT2D eigenvalue weighted by Crippen LogP contribution is -2.30. The van der Waals surface area contributed by atoms with E-state index in [0.29, 0.717) is 19.3 Å². The quantitative estimate of drug-likeness (QED) is 0.0264. The highest BCUT2D eigenvalue weighted by Gasteiger charge is 2.19. The summed E-state index contributed by atoms with van der Waals surface area (Å²) in [5.41, 5.74) is 0. The maximum Gasteiger partial charge on any atom is 0.306 e. The Morgan fingerprint density at radius 3 is 0.893 bits per heavy atom. The van der Waals surface area contributed by atoms with E-state index in [0.717, 1.165) is 64.2 Å². The molecule has 1 atom stereocenters. The third-order valence-electron chi connectivity index (χ3n) is 11.0. The standard InChI is InChI=1S/C50H94O6/c1-4-7-10-13-16-19-22-24-25-26-29-31-34-37-40-43-49(52)55-46-47(56-50(53)44-41-38-35-32-27-21-18-15-12-9-6-3)45-54-48(51)42-39-36-33-30-28-23-20-17-14-11-8-5-2/h24-25,47H,4-23,26-46H2,1-3H3/b25-24-/t47-/m0/s1. The molecule has 0 spiro atoms. The molecule has 0 unspecified atom stereocenters. The molecule has 0 aromatic heterocycles. The highest BCUT2D eigenvalue weighted by molar-refractivity contribution is 5.71. The van der Waals surface area contributed by atoms with E-state index in [1.54, 1.807) is 0 Å². The van der Waals surface area contributed by atoms with E-state index in [-0.39, 0.29) is 31.1 Å². The van der Waals surface area contributed by atoms with Gasteiger partial charge in [-0.2, -0.15) is 0 Å². The number of rotatable bonds is 45. The lowest BCUT2D eigenvalue weighted by molar-refractivity contribution is -0.167. The lowest BCUT2D eigenvalue weighted by Gasteiger charge is -2.18. The summed E-state index contributed by atoms with van der Waals surface area (Å²) in [5, 5.41) is 0. The molecular weight excluding hydrogens is 697 g/mol. The SMILES string of the molecule is CCCCCCCC/C=C\CCCCCCCC(=O)OC[C@H](COC(=O)CCCCCCCCCCCCCC)OC(=O)CCCCCCCCCCCCC. The predicted molar refractivity (Wildman–Crippen MR) is 238 cm³/mol. The number of carbonyl (C=O) groups is 3. The molecule has 0 amide bonds. The highest BCUT2D eigenvalue weighted by Crippen LogP contribution is 2.15. The van der Waals surface area contributed by atoms with Gasteiger partial charge >= 0.3 is 17.9 Å². The molecule has 0 aromatic rings. The van der Waals surface area contributed by atoms with Crippen LogP contribution in [0.3, 0.4) is 0 Å². The first-order chi connectivity index (χ1) is 27.5. The number of carbonyl (C=O) groups excluding carboxylic acids is 3. The van der Waals surface area contributed by atoms with Crippen molar-refractivity contribution < 1.29 is 28.6 Å². The Morgan fingerprint density at radius 2 is 0.589 bits per heavy atom. The van der Waals surface area contributed by atoms with Crippen molar-refractivity contribution in [1.29, 1.82) is 0 Å². The maximum atomic E-state index is 12.7. The molecule has 0 heterocycles. The lowest BCUT2D eigenvalue weighted by atomic mass is 10.0. The average Bonchev–Trinajstić information content (AvgIpc) is 3.19. The summed E-state index contributed by atoms with van der Waals surface area (Å²) in [6.07, 6.45) is 49.0. The van der Waals surface area contributed by atoms with Crippen molar-refractivity contribution in [3.05, 3.63) is 12.2 Å². The third-order valence-corrected chi connectivity index (χ3v) is 11.0. The first-order valence-electron chi connectivity index (χ1n) is 24.7. The second-order valence-corrected chi connectivity index (χ2v) is 16.7. The molecule has 56 heavy (non-hydrogen) atoms. The Hall–Kier alpha value is -1.85.